The van der Waals surface area contributed by atoms with Gasteiger partial charge in [0.05, 0.1) is 16.3 Å². The fourth-order valence-corrected chi connectivity index (χ4v) is 3.04. The zero-order valence-corrected chi connectivity index (χ0v) is 12.4. The second-order valence-corrected chi connectivity index (χ2v) is 7.34. The first kappa shape index (κ1) is 14.1. The number of benzene rings is 1. The minimum atomic E-state index is -3.41. The number of hydrogen-bond acceptors (Lipinski definition) is 4. The monoisotopic (exact) mass is 283 g/mol. The van der Waals surface area contributed by atoms with Gasteiger partial charge in [0, 0.05) is 20.1 Å². The zero-order valence-electron chi connectivity index (χ0n) is 11.6. The average Bonchev–Trinajstić information content (AvgIpc) is 3.10. The van der Waals surface area contributed by atoms with Crippen LogP contribution in [0.2, 0.25) is 0 Å². The van der Waals surface area contributed by atoms with Crippen molar-refractivity contribution in [1.82, 2.24) is 4.31 Å². The number of sulfonamides is 1. The zero-order chi connectivity index (χ0) is 14.2. The third kappa shape index (κ3) is 2.84. The summed E-state index contributed by atoms with van der Waals surface area (Å²) in [6, 6.07) is 5.22. The highest BCUT2D eigenvalue weighted by molar-refractivity contribution is 7.89. The molecule has 1 aliphatic carbocycles. The van der Waals surface area contributed by atoms with E-state index in [1.54, 1.807) is 18.2 Å². The first-order valence-electron chi connectivity index (χ1n) is 6.45. The van der Waals surface area contributed by atoms with Crippen molar-refractivity contribution in [3.63, 3.8) is 0 Å². The summed E-state index contributed by atoms with van der Waals surface area (Å²) in [7, 11) is -0.372. The van der Waals surface area contributed by atoms with Gasteiger partial charge in [-0.25, -0.2) is 12.7 Å². The molecule has 19 heavy (non-hydrogen) atoms. The van der Waals surface area contributed by atoms with Gasteiger partial charge in [0.15, 0.2) is 0 Å². The van der Waals surface area contributed by atoms with Gasteiger partial charge in [-0.1, -0.05) is 13.3 Å². The first-order chi connectivity index (χ1) is 8.86. The first-order valence-corrected chi connectivity index (χ1v) is 7.89. The molecule has 6 heteroatoms. The number of nitrogens with zero attached hydrogens (tertiary/aromatic N) is 1. The second kappa shape index (κ2) is 5.02. The van der Waals surface area contributed by atoms with E-state index in [2.05, 4.69) is 12.2 Å². The molecule has 2 unspecified atom stereocenters. The summed E-state index contributed by atoms with van der Waals surface area (Å²) < 4.78 is 25.4. The van der Waals surface area contributed by atoms with Crippen molar-refractivity contribution >= 4 is 21.4 Å². The fourth-order valence-electron chi connectivity index (χ4n) is 2.11. The predicted molar refractivity (Wildman–Crippen MR) is 77.5 cm³/mol. The molecule has 1 aromatic rings. The van der Waals surface area contributed by atoms with Crippen molar-refractivity contribution < 1.29 is 8.42 Å². The third-order valence-electron chi connectivity index (χ3n) is 3.59. The van der Waals surface area contributed by atoms with Gasteiger partial charge in [-0.05, 0) is 30.5 Å². The minimum absolute atomic E-state index is 0.267. The van der Waals surface area contributed by atoms with Crippen molar-refractivity contribution in [3.05, 3.63) is 18.2 Å². The molecule has 0 saturated heterocycles. The van der Waals surface area contributed by atoms with Gasteiger partial charge < -0.3 is 11.1 Å². The highest BCUT2D eigenvalue weighted by Gasteiger charge is 2.35. The Bertz CT molecular complexity index is 569. The highest BCUT2D eigenvalue weighted by atomic mass is 32.2. The minimum Gasteiger partial charge on any atom is -0.397 e. The van der Waals surface area contributed by atoms with Crippen LogP contribution in [-0.4, -0.2) is 32.9 Å². The Kier molecular flexibility index (Phi) is 3.73. The maximum absolute atomic E-state index is 12.1. The summed E-state index contributed by atoms with van der Waals surface area (Å²) in [4.78, 5) is 0.267. The van der Waals surface area contributed by atoms with Gasteiger partial charge in [0.1, 0.15) is 0 Å². The molecule has 0 spiro atoms. The summed E-state index contributed by atoms with van der Waals surface area (Å²) in [5, 5.41) is 3.33. The van der Waals surface area contributed by atoms with E-state index in [0.717, 1.165) is 12.8 Å². The Morgan fingerprint density at radius 1 is 1.42 bits per heavy atom. The standard InChI is InChI=1S/C13H21N3O2S/c1-4-9-7-12(9)15-13-8-10(5-6-11(13)14)19(17,18)16(2)3/h5-6,8-9,12,15H,4,7,14H2,1-3H3. The number of hydrogen-bond donors (Lipinski definition) is 2. The van der Waals surface area contributed by atoms with Crippen molar-refractivity contribution in [2.45, 2.75) is 30.7 Å². The van der Waals surface area contributed by atoms with E-state index < -0.39 is 10.0 Å². The van der Waals surface area contributed by atoms with E-state index in [4.69, 9.17) is 5.73 Å². The molecule has 0 bridgehead atoms. The largest absolute Gasteiger partial charge is 0.397 e. The Balaban J connectivity index is 2.25. The van der Waals surface area contributed by atoms with Gasteiger partial charge in [0.2, 0.25) is 10.0 Å². The lowest BCUT2D eigenvalue weighted by molar-refractivity contribution is 0.521. The number of nitrogens with one attached hydrogen (secondary N) is 1. The molecule has 3 N–H and O–H groups in total. The van der Waals surface area contributed by atoms with Gasteiger partial charge in [-0.3, -0.25) is 0 Å². The lowest BCUT2D eigenvalue weighted by Gasteiger charge is -2.14. The Morgan fingerprint density at radius 2 is 2.11 bits per heavy atom. The average molecular weight is 283 g/mol. The Morgan fingerprint density at radius 3 is 2.63 bits per heavy atom. The van der Waals surface area contributed by atoms with E-state index in [-0.39, 0.29) is 4.90 Å². The summed E-state index contributed by atoms with van der Waals surface area (Å²) in [5.41, 5.74) is 7.20. The van der Waals surface area contributed by atoms with Crippen LogP contribution in [0, 0.1) is 5.92 Å². The molecular weight excluding hydrogens is 262 g/mol. The van der Waals surface area contributed by atoms with Crippen LogP contribution in [0.1, 0.15) is 19.8 Å². The number of nitrogens with two attached hydrogens (primary N) is 1. The van der Waals surface area contributed by atoms with Crippen molar-refractivity contribution in [1.29, 1.82) is 0 Å². The molecule has 0 radical (unpaired) electrons. The molecule has 0 aromatic heterocycles. The van der Waals surface area contributed by atoms with E-state index in [9.17, 15) is 8.42 Å². The highest BCUT2D eigenvalue weighted by Crippen LogP contribution is 2.37. The molecule has 2 atom stereocenters. The topological polar surface area (TPSA) is 75.4 Å². The summed E-state index contributed by atoms with van der Waals surface area (Å²) in [6.07, 6.45) is 2.26. The van der Waals surface area contributed by atoms with E-state index in [1.807, 2.05) is 0 Å². The number of anilines is 2. The van der Waals surface area contributed by atoms with E-state index in [1.165, 1.54) is 18.4 Å². The van der Waals surface area contributed by atoms with Crippen LogP contribution in [0.25, 0.3) is 0 Å². The van der Waals surface area contributed by atoms with Crippen molar-refractivity contribution in [3.8, 4) is 0 Å². The van der Waals surface area contributed by atoms with Crippen LogP contribution in [0.15, 0.2) is 23.1 Å². The SMILES string of the molecule is CCC1CC1Nc1cc(S(=O)(=O)N(C)C)ccc1N. The normalized spacial score (nSPS) is 22.5. The van der Waals surface area contributed by atoms with E-state index in [0.29, 0.717) is 23.3 Å². The number of nitrogen functional groups attached to an aromatic ring is 1. The predicted octanol–water partition coefficient (Wildman–Crippen LogP) is 1.73. The van der Waals surface area contributed by atoms with Gasteiger partial charge >= 0.3 is 0 Å². The molecule has 0 amide bonds. The summed E-state index contributed by atoms with van der Waals surface area (Å²) in [6.45, 7) is 2.16. The molecule has 1 saturated carbocycles. The van der Waals surface area contributed by atoms with Gasteiger partial charge in [-0.2, -0.15) is 0 Å². The molecule has 0 heterocycles. The molecular formula is C13H21N3O2S. The quantitative estimate of drug-likeness (QED) is 0.807. The van der Waals surface area contributed by atoms with Crippen molar-refractivity contribution in [2.75, 3.05) is 25.1 Å². The molecule has 1 aromatic carbocycles. The molecule has 0 aliphatic heterocycles. The van der Waals surface area contributed by atoms with Crippen LogP contribution >= 0.6 is 0 Å². The van der Waals surface area contributed by atoms with Gasteiger partial charge in [-0.15, -0.1) is 0 Å². The lowest BCUT2D eigenvalue weighted by atomic mass is 10.2. The Hall–Kier alpha value is -1.27. The van der Waals surface area contributed by atoms with Crippen LogP contribution in [0.3, 0.4) is 0 Å². The van der Waals surface area contributed by atoms with Crippen molar-refractivity contribution in [2.24, 2.45) is 5.92 Å². The lowest BCUT2D eigenvalue weighted by Crippen LogP contribution is -2.22. The maximum Gasteiger partial charge on any atom is 0.242 e. The fraction of sp³-hybridized carbons (Fsp3) is 0.538. The molecule has 1 aliphatic rings. The Labute approximate surface area is 114 Å². The molecule has 1 fully saturated rings. The molecule has 2 rings (SSSR count). The van der Waals surface area contributed by atoms with Crippen LogP contribution < -0.4 is 11.1 Å². The van der Waals surface area contributed by atoms with E-state index >= 15 is 0 Å². The van der Waals surface area contributed by atoms with Crippen LogP contribution in [0.4, 0.5) is 11.4 Å². The van der Waals surface area contributed by atoms with Crippen LogP contribution in [0.5, 0.6) is 0 Å². The summed E-state index contributed by atoms with van der Waals surface area (Å²) >= 11 is 0. The second-order valence-electron chi connectivity index (χ2n) is 5.19. The smallest absolute Gasteiger partial charge is 0.242 e. The maximum atomic E-state index is 12.1. The van der Waals surface area contributed by atoms with Gasteiger partial charge in [0.25, 0.3) is 0 Å². The number of rotatable bonds is 5. The summed E-state index contributed by atoms with van der Waals surface area (Å²) in [5.74, 6) is 0.675. The molecule has 106 valence electrons. The third-order valence-corrected chi connectivity index (χ3v) is 5.40. The van der Waals surface area contributed by atoms with Crippen LogP contribution in [-0.2, 0) is 10.0 Å². The molecule has 5 nitrogen and oxygen atoms in total.